The molecule has 0 spiro atoms. The molecule has 0 unspecified atom stereocenters. The molecule has 1 aliphatic heterocycles. The molecular formula is C19H28N2O2. The van der Waals surface area contributed by atoms with E-state index >= 15 is 0 Å². The maximum absolute atomic E-state index is 12.9. The van der Waals surface area contributed by atoms with Crippen molar-refractivity contribution in [3.05, 3.63) is 35.9 Å². The zero-order chi connectivity index (χ0) is 16.1. The second-order valence-electron chi connectivity index (χ2n) is 6.87. The summed E-state index contributed by atoms with van der Waals surface area (Å²) in [7, 11) is 0. The average Bonchev–Trinajstić information content (AvgIpc) is 2.55. The van der Waals surface area contributed by atoms with Crippen LogP contribution in [0.3, 0.4) is 0 Å². The summed E-state index contributed by atoms with van der Waals surface area (Å²) in [5.74, 6) is 0.668. The highest BCUT2D eigenvalue weighted by molar-refractivity contribution is 5.75. The van der Waals surface area contributed by atoms with Gasteiger partial charge in [-0.2, -0.15) is 0 Å². The van der Waals surface area contributed by atoms with Crippen molar-refractivity contribution in [2.45, 2.75) is 51.1 Å². The van der Waals surface area contributed by atoms with Crippen LogP contribution in [0.4, 0.5) is 4.79 Å². The predicted molar refractivity (Wildman–Crippen MR) is 91.3 cm³/mol. The van der Waals surface area contributed by atoms with Crippen molar-refractivity contribution in [2.75, 3.05) is 19.8 Å². The van der Waals surface area contributed by atoms with E-state index in [2.05, 4.69) is 24.4 Å². The molecule has 1 saturated carbocycles. The molecule has 1 saturated heterocycles. The van der Waals surface area contributed by atoms with Crippen molar-refractivity contribution < 1.29 is 9.53 Å². The fourth-order valence-corrected chi connectivity index (χ4v) is 3.38. The highest BCUT2D eigenvalue weighted by Gasteiger charge is 2.29. The molecule has 0 bridgehead atoms. The molecule has 0 aromatic heterocycles. The predicted octanol–water partition coefficient (Wildman–Crippen LogP) is 3.74. The minimum Gasteiger partial charge on any atom is -0.381 e. The van der Waals surface area contributed by atoms with Crippen LogP contribution < -0.4 is 5.32 Å². The zero-order valence-electron chi connectivity index (χ0n) is 14.0. The molecule has 2 fully saturated rings. The van der Waals surface area contributed by atoms with Gasteiger partial charge in [-0.3, -0.25) is 0 Å². The molecule has 126 valence electrons. The van der Waals surface area contributed by atoms with Crippen molar-refractivity contribution in [3.8, 4) is 0 Å². The third-order valence-electron chi connectivity index (χ3n) is 5.24. The van der Waals surface area contributed by atoms with Gasteiger partial charge in [-0.1, -0.05) is 36.8 Å². The SMILES string of the molecule is C[C@@H](c1ccccc1)N(CC1CCC1)C(=O)NC1CCOCC1. The first-order chi connectivity index (χ1) is 11.2. The summed E-state index contributed by atoms with van der Waals surface area (Å²) in [6, 6.07) is 10.8. The van der Waals surface area contributed by atoms with Gasteiger partial charge in [0.1, 0.15) is 0 Å². The smallest absolute Gasteiger partial charge is 0.318 e. The molecule has 2 aliphatic rings. The van der Waals surface area contributed by atoms with Gasteiger partial charge in [-0.15, -0.1) is 0 Å². The van der Waals surface area contributed by atoms with Crippen molar-refractivity contribution in [1.82, 2.24) is 10.2 Å². The molecule has 4 heteroatoms. The van der Waals surface area contributed by atoms with Crippen LogP contribution in [0.5, 0.6) is 0 Å². The van der Waals surface area contributed by atoms with E-state index in [1.165, 1.54) is 24.8 Å². The maximum Gasteiger partial charge on any atom is 0.318 e. The number of urea groups is 1. The number of carbonyl (C=O) groups excluding carboxylic acids is 1. The molecule has 1 aromatic rings. The molecule has 1 aromatic carbocycles. The number of amides is 2. The molecule has 0 radical (unpaired) electrons. The molecule has 4 nitrogen and oxygen atoms in total. The van der Waals surface area contributed by atoms with Crippen LogP contribution in [0.1, 0.15) is 50.6 Å². The topological polar surface area (TPSA) is 41.6 Å². The molecule has 1 atom stereocenters. The summed E-state index contributed by atoms with van der Waals surface area (Å²) in [6.07, 6.45) is 5.65. The summed E-state index contributed by atoms with van der Waals surface area (Å²) < 4.78 is 5.38. The van der Waals surface area contributed by atoms with Gasteiger partial charge in [-0.05, 0) is 44.1 Å². The summed E-state index contributed by atoms with van der Waals surface area (Å²) in [5, 5.41) is 3.23. The van der Waals surface area contributed by atoms with Gasteiger partial charge in [-0.25, -0.2) is 4.79 Å². The summed E-state index contributed by atoms with van der Waals surface area (Å²) in [6.45, 7) is 4.51. The summed E-state index contributed by atoms with van der Waals surface area (Å²) >= 11 is 0. The van der Waals surface area contributed by atoms with Gasteiger partial charge >= 0.3 is 6.03 Å². The van der Waals surface area contributed by atoms with E-state index in [0.29, 0.717) is 5.92 Å². The molecule has 23 heavy (non-hydrogen) atoms. The second-order valence-corrected chi connectivity index (χ2v) is 6.87. The van der Waals surface area contributed by atoms with Crippen molar-refractivity contribution >= 4 is 6.03 Å². The van der Waals surface area contributed by atoms with Crippen LogP contribution in [-0.4, -0.2) is 36.7 Å². The van der Waals surface area contributed by atoms with Crippen molar-refractivity contribution in [1.29, 1.82) is 0 Å². The van der Waals surface area contributed by atoms with Crippen molar-refractivity contribution in [2.24, 2.45) is 5.92 Å². The zero-order valence-corrected chi connectivity index (χ0v) is 14.0. The van der Waals surface area contributed by atoms with E-state index in [-0.39, 0.29) is 18.1 Å². The summed E-state index contributed by atoms with van der Waals surface area (Å²) in [4.78, 5) is 14.9. The number of hydrogen-bond donors (Lipinski definition) is 1. The first-order valence-electron chi connectivity index (χ1n) is 8.94. The Morgan fingerprint density at radius 2 is 1.91 bits per heavy atom. The Morgan fingerprint density at radius 1 is 1.22 bits per heavy atom. The third-order valence-corrected chi connectivity index (χ3v) is 5.24. The van der Waals surface area contributed by atoms with Crippen LogP contribution in [0, 0.1) is 5.92 Å². The van der Waals surface area contributed by atoms with Gasteiger partial charge in [0.25, 0.3) is 0 Å². The minimum atomic E-state index is 0.0835. The molecule has 1 heterocycles. The van der Waals surface area contributed by atoms with E-state index in [1.807, 2.05) is 23.1 Å². The van der Waals surface area contributed by atoms with Crippen LogP contribution >= 0.6 is 0 Å². The second kappa shape index (κ2) is 7.82. The Hall–Kier alpha value is -1.55. The minimum absolute atomic E-state index is 0.0835. The first kappa shape index (κ1) is 16.3. The number of nitrogens with zero attached hydrogens (tertiary/aromatic N) is 1. The lowest BCUT2D eigenvalue weighted by Crippen LogP contribution is -2.49. The summed E-state index contributed by atoms with van der Waals surface area (Å²) in [5.41, 5.74) is 1.20. The monoisotopic (exact) mass is 316 g/mol. The van der Waals surface area contributed by atoms with E-state index in [9.17, 15) is 4.79 Å². The lowest BCUT2D eigenvalue weighted by Gasteiger charge is -2.37. The standard InChI is InChI=1S/C19H28N2O2/c1-15(17-8-3-2-4-9-17)21(14-16-6-5-7-16)19(22)20-18-10-12-23-13-11-18/h2-4,8-9,15-16,18H,5-7,10-14H2,1H3,(H,20,22)/t15-/m0/s1. The van der Waals surface area contributed by atoms with Gasteiger partial charge < -0.3 is 15.0 Å². The van der Waals surface area contributed by atoms with Gasteiger partial charge in [0.2, 0.25) is 0 Å². The fraction of sp³-hybridized carbons (Fsp3) is 0.632. The Morgan fingerprint density at radius 3 is 2.52 bits per heavy atom. The van der Waals surface area contributed by atoms with Crippen LogP contribution in [0.25, 0.3) is 0 Å². The Labute approximate surface area is 139 Å². The number of carbonyl (C=O) groups is 1. The van der Waals surface area contributed by atoms with Gasteiger partial charge in [0.05, 0.1) is 6.04 Å². The highest BCUT2D eigenvalue weighted by Crippen LogP contribution is 2.30. The first-order valence-corrected chi connectivity index (χ1v) is 8.94. The largest absolute Gasteiger partial charge is 0.381 e. The Bertz CT molecular complexity index is 495. The number of rotatable bonds is 5. The number of hydrogen-bond acceptors (Lipinski definition) is 2. The van der Waals surface area contributed by atoms with E-state index in [4.69, 9.17) is 4.74 Å². The average molecular weight is 316 g/mol. The lowest BCUT2D eigenvalue weighted by molar-refractivity contribution is 0.0756. The lowest BCUT2D eigenvalue weighted by atomic mass is 9.84. The quantitative estimate of drug-likeness (QED) is 0.899. The Kier molecular flexibility index (Phi) is 5.55. The van der Waals surface area contributed by atoms with E-state index < -0.39 is 0 Å². The maximum atomic E-state index is 12.9. The fourth-order valence-electron chi connectivity index (χ4n) is 3.38. The third kappa shape index (κ3) is 4.25. The van der Waals surface area contributed by atoms with Crippen LogP contribution in [0.2, 0.25) is 0 Å². The Balaban J connectivity index is 1.67. The normalized spacial score (nSPS) is 20.6. The van der Waals surface area contributed by atoms with Gasteiger partial charge in [0, 0.05) is 25.8 Å². The van der Waals surface area contributed by atoms with Crippen molar-refractivity contribution in [3.63, 3.8) is 0 Å². The number of ether oxygens (including phenoxy) is 1. The molecular weight excluding hydrogens is 288 g/mol. The molecule has 2 amide bonds. The highest BCUT2D eigenvalue weighted by atomic mass is 16.5. The van der Waals surface area contributed by atoms with E-state index in [1.54, 1.807) is 0 Å². The van der Waals surface area contributed by atoms with E-state index in [0.717, 1.165) is 32.6 Å². The number of nitrogens with one attached hydrogen (secondary N) is 1. The molecule has 1 N–H and O–H groups in total. The molecule has 1 aliphatic carbocycles. The molecule has 3 rings (SSSR count). The van der Waals surface area contributed by atoms with Gasteiger partial charge in [0.15, 0.2) is 0 Å². The van der Waals surface area contributed by atoms with Crippen LogP contribution in [0.15, 0.2) is 30.3 Å². The number of benzene rings is 1. The van der Waals surface area contributed by atoms with Crippen LogP contribution in [-0.2, 0) is 4.74 Å².